The van der Waals surface area contributed by atoms with E-state index in [0.717, 1.165) is 27.6 Å². The predicted molar refractivity (Wildman–Crippen MR) is 103 cm³/mol. The number of benzene rings is 1. The molecule has 0 radical (unpaired) electrons. The molecule has 0 aliphatic rings. The van der Waals surface area contributed by atoms with Crippen LogP contribution in [0.1, 0.15) is 10.5 Å². The van der Waals surface area contributed by atoms with Crippen molar-refractivity contribution in [2.24, 2.45) is 0 Å². The zero-order valence-electron chi connectivity index (χ0n) is 12.9. The van der Waals surface area contributed by atoms with Crippen molar-refractivity contribution >= 4 is 61.2 Å². The van der Waals surface area contributed by atoms with E-state index < -0.39 is 15.9 Å². The van der Waals surface area contributed by atoms with Crippen molar-refractivity contribution in [1.29, 1.82) is 0 Å². The van der Waals surface area contributed by atoms with Crippen molar-refractivity contribution in [2.45, 2.75) is 9.10 Å². The van der Waals surface area contributed by atoms with Crippen LogP contribution in [0.4, 0.5) is 10.8 Å². The fourth-order valence-electron chi connectivity index (χ4n) is 1.90. The third-order valence-corrected chi connectivity index (χ3v) is 7.39. The van der Waals surface area contributed by atoms with Crippen LogP contribution in [0.15, 0.2) is 56.3 Å². The summed E-state index contributed by atoms with van der Waals surface area (Å²) in [4.78, 5) is 17.4. The number of hydrogen-bond donors (Lipinski definition) is 2. The summed E-state index contributed by atoms with van der Waals surface area (Å²) in [6.07, 6.45) is 1.95. The first kappa shape index (κ1) is 17.9. The molecule has 2 heterocycles. The van der Waals surface area contributed by atoms with Gasteiger partial charge in [0, 0.05) is 16.0 Å². The summed E-state index contributed by atoms with van der Waals surface area (Å²) >= 11 is 3.75. The maximum absolute atomic E-state index is 12.3. The average molecular weight is 412 g/mol. The Bertz CT molecular complexity index is 981. The standard InChI is InChI=1S/C15H13N3O3S4/c1-22-11-5-2-4-10(8-11)16-14(19)12-9-24-15(17-12)18-25(20,21)13-6-3-7-23-13/h2-9H,1H3,(H,16,19)(H,17,18). The van der Waals surface area contributed by atoms with E-state index in [4.69, 9.17) is 0 Å². The van der Waals surface area contributed by atoms with Crippen molar-refractivity contribution in [3.63, 3.8) is 0 Å². The third kappa shape index (κ3) is 4.40. The van der Waals surface area contributed by atoms with Gasteiger partial charge in [0.1, 0.15) is 9.90 Å². The molecule has 0 atom stereocenters. The lowest BCUT2D eigenvalue weighted by molar-refractivity contribution is 0.102. The van der Waals surface area contributed by atoms with Gasteiger partial charge in [-0.1, -0.05) is 12.1 Å². The first-order valence-electron chi connectivity index (χ1n) is 6.95. The number of anilines is 2. The zero-order valence-corrected chi connectivity index (χ0v) is 16.2. The van der Waals surface area contributed by atoms with E-state index in [1.807, 2.05) is 24.5 Å². The first-order valence-corrected chi connectivity index (χ1v) is 11.4. The molecule has 25 heavy (non-hydrogen) atoms. The number of carbonyl (C=O) groups excluding carboxylic acids is 1. The number of thiazole rings is 1. The van der Waals surface area contributed by atoms with Gasteiger partial charge in [-0.05, 0) is 35.9 Å². The molecule has 0 bridgehead atoms. The lowest BCUT2D eigenvalue weighted by Gasteiger charge is -2.05. The van der Waals surface area contributed by atoms with E-state index in [2.05, 4.69) is 15.0 Å². The number of hydrogen-bond acceptors (Lipinski definition) is 7. The maximum Gasteiger partial charge on any atom is 0.275 e. The van der Waals surface area contributed by atoms with Crippen LogP contribution in [0.2, 0.25) is 0 Å². The Morgan fingerprint density at radius 3 is 2.76 bits per heavy atom. The van der Waals surface area contributed by atoms with Gasteiger partial charge in [0.05, 0.1) is 0 Å². The third-order valence-electron chi connectivity index (χ3n) is 3.05. The molecule has 6 nitrogen and oxygen atoms in total. The molecule has 130 valence electrons. The van der Waals surface area contributed by atoms with Gasteiger partial charge in [0.15, 0.2) is 5.13 Å². The second-order valence-electron chi connectivity index (χ2n) is 4.76. The topological polar surface area (TPSA) is 88.2 Å². The molecule has 0 saturated heterocycles. The molecule has 0 aliphatic heterocycles. The van der Waals surface area contributed by atoms with Gasteiger partial charge in [-0.25, -0.2) is 13.4 Å². The summed E-state index contributed by atoms with van der Waals surface area (Å²) in [5.41, 5.74) is 0.814. The van der Waals surface area contributed by atoms with Crippen molar-refractivity contribution in [2.75, 3.05) is 16.3 Å². The number of thiophene rings is 1. The highest BCUT2D eigenvalue weighted by molar-refractivity contribution is 7.98. The normalized spacial score (nSPS) is 11.2. The van der Waals surface area contributed by atoms with E-state index in [-0.39, 0.29) is 15.0 Å². The largest absolute Gasteiger partial charge is 0.321 e. The Kier molecular flexibility index (Phi) is 5.42. The molecule has 0 aliphatic carbocycles. The fourth-order valence-corrected chi connectivity index (χ4v) is 5.30. The van der Waals surface area contributed by atoms with E-state index in [1.54, 1.807) is 29.3 Å². The van der Waals surface area contributed by atoms with Crippen LogP contribution in [-0.4, -0.2) is 25.6 Å². The number of sulfonamides is 1. The van der Waals surface area contributed by atoms with Crippen molar-refractivity contribution in [3.8, 4) is 0 Å². The van der Waals surface area contributed by atoms with E-state index in [0.29, 0.717) is 5.69 Å². The van der Waals surface area contributed by atoms with Gasteiger partial charge < -0.3 is 5.32 Å². The van der Waals surface area contributed by atoms with Crippen LogP contribution in [0.5, 0.6) is 0 Å². The molecule has 2 N–H and O–H groups in total. The summed E-state index contributed by atoms with van der Waals surface area (Å²) in [6, 6.07) is 10.6. The Labute approximate surface area is 157 Å². The van der Waals surface area contributed by atoms with Crippen molar-refractivity contribution in [1.82, 2.24) is 4.98 Å². The molecule has 3 rings (SSSR count). The minimum atomic E-state index is -3.67. The Morgan fingerprint density at radius 2 is 2.04 bits per heavy atom. The lowest BCUT2D eigenvalue weighted by Crippen LogP contribution is -2.14. The molecule has 1 aromatic carbocycles. The first-order chi connectivity index (χ1) is 12.0. The fraction of sp³-hybridized carbons (Fsp3) is 0.0667. The van der Waals surface area contributed by atoms with Crippen molar-refractivity contribution in [3.05, 3.63) is 52.9 Å². The highest BCUT2D eigenvalue weighted by Gasteiger charge is 2.18. The van der Waals surface area contributed by atoms with E-state index in [1.165, 1.54) is 11.4 Å². The van der Waals surface area contributed by atoms with E-state index >= 15 is 0 Å². The molecule has 10 heteroatoms. The molecule has 0 fully saturated rings. The minimum absolute atomic E-state index is 0.149. The summed E-state index contributed by atoms with van der Waals surface area (Å²) in [5.74, 6) is -0.393. The molecule has 0 spiro atoms. The summed E-state index contributed by atoms with van der Waals surface area (Å²) in [6.45, 7) is 0. The van der Waals surface area contributed by atoms with E-state index in [9.17, 15) is 13.2 Å². The predicted octanol–water partition coefficient (Wildman–Crippen LogP) is 3.98. The molecule has 1 amide bonds. The van der Waals surface area contributed by atoms with Crippen molar-refractivity contribution < 1.29 is 13.2 Å². The zero-order chi connectivity index (χ0) is 17.9. The second kappa shape index (κ2) is 7.56. The summed E-state index contributed by atoms with van der Waals surface area (Å²) < 4.78 is 26.9. The van der Waals surface area contributed by atoms with Crippen LogP contribution in [-0.2, 0) is 10.0 Å². The highest BCUT2D eigenvalue weighted by Crippen LogP contribution is 2.24. The quantitative estimate of drug-likeness (QED) is 0.599. The molecular weight excluding hydrogens is 398 g/mol. The average Bonchev–Trinajstić information content (AvgIpc) is 3.26. The Morgan fingerprint density at radius 1 is 1.20 bits per heavy atom. The van der Waals surface area contributed by atoms with Crippen LogP contribution in [0, 0.1) is 0 Å². The Balaban J connectivity index is 1.71. The minimum Gasteiger partial charge on any atom is -0.321 e. The second-order valence-corrected chi connectivity index (χ2v) is 9.36. The number of aromatic nitrogens is 1. The molecule has 2 aromatic heterocycles. The van der Waals surface area contributed by atoms with Gasteiger partial charge in [0.2, 0.25) is 0 Å². The van der Waals surface area contributed by atoms with Gasteiger partial charge in [0.25, 0.3) is 15.9 Å². The van der Waals surface area contributed by atoms with Gasteiger partial charge in [-0.3, -0.25) is 9.52 Å². The van der Waals surface area contributed by atoms with Gasteiger partial charge >= 0.3 is 0 Å². The smallest absolute Gasteiger partial charge is 0.275 e. The number of nitrogens with zero attached hydrogens (tertiary/aromatic N) is 1. The number of amides is 1. The number of rotatable bonds is 6. The highest BCUT2D eigenvalue weighted by atomic mass is 32.2. The number of carbonyl (C=O) groups is 1. The summed E-state index contributed by atoms with van der Waals surface area (Å²) in [7, 11) is -3.67. The SMILES string of the molecule is CSc1cccc(NC(=O)c2csc(NS(=O)(=O)c3cccs3)n2)c1. The lowest BCUT2D eigenvalue weighted by atomic mass is 10.3. The van der Waals surface area contributed by atoms with Crippen LogP contribution in [0.3, 0.4) is 0 Å². The maximum atomic E-state index is 12.3. The van der Waals surface area contributed by atoms with Crippen LogP contribution in [0.25, 0.3) is 0 Å². The number of thioether (sulfide) groups is 1. The molecular formula is C15H13N3O3S4. The van der Waals surface area contributed by atoms with Gasteiger partial charge in [-0.2, -0.15) is 0 Å². The summed E-state index contributed by atoms with van der Waals surface area (Å²) in [5, 5.41) is 6.10. The molecule has 0 saturated carbocycles. The monoisotopic (exact) mass is 411 g/mol. The number of nitrogens with one attached hydrogen (secondary N) is 2. The Hall–Kier alpha value is -1.88. The molecule has 3 aromatic rings. The van der Waals surface area contributed by atoms with Crippen LogP contribution < -0.4 is 10.0 Å². The van der Waals surface area contributed by atoms with Crippen LogP contribution >= 0.6 is 34.4 Å². The molecule has 0 unspecified atom stereocenters. The van der Waals surface area contributed by atoms with Gasteiger partial charge in [-0.15, -0.1) is 34.4 Å².